The molecule has 0 atom stereocenters. The van der Waals surface area contributed by atoms with Crippen LogP contribution in [-0.4, -0.2) is 29.0 Å². The minimum atomic E-state index is -1.57. The van der Waals surface area contributed by atoms with Crippen molar-refractivity contribution >= 4 is 16.6 Å². The molecule has 0 aromatic heterocycles. The quantitative estimate of drug-likeness (QED) is 0.760. The fourth-order valence-corrected chi connectivity index (χ4v) is 7.48. The molecule has 0 heterocycles. The van der Waals surface area contributed by atoms with Crippen molar-refractivity contribution in [1.82, 2.24) is 0 Å². The Balaban J connectivity index is -0.0000000833. The molecule has 0 radical (unpaired) electrons. The molecule has 15 heavy (non-hydrogen) atoms. The summed E-state index contributed by atoms with van der Waals surface area (Å²) < 4.78 is 5.95. The number of hydrogen-bond donors (Lipinski definition) is 2. The lowest BCUT2D eigenvalue weighted by atomic mass is 11.5. The van der Waals surface area contributed by atoms with Crippen LogP contribution in [0.5, 0.6) is 0 Å². The van der Waals surface area contributed by atoms with Crippen molar-refractivity contribution in [3.63, 3.8) is 0 Å². The van der Waals surface area contributed by atoms with E-state index in [0.29, 0.717) is 12.3 Å². The van der Waals surface area contributed by atoms with E-state index in [9.17, 15) is 0 Å². The third-order valence-corrected chi connectivity index (χ3v) is 7.92. The van der Waals surface area contributed by atoms with Crippen LogP contribution in [0.2, 0.25) is 26.2 Å². The Hall–Kier alpha value is 0.314. The lowest BCUT2D eigenvalue weighted by molar-refractivity contribution is 0.542. The van der Waals surface area contributed by atoms with Gasteiger partial charge in [-0.2, -0.15) is 0 Å². The third-order valence-electron chi connectivity index (χ3n) is 1.54. The highest BCUT2D eigenvalue weighted by atomic mass is 28.4. The average Bonchev–Trinajstić information content (AvgIpc) is 1.86. The highest BCUT2D eigenvalue weighted by molar-refractivity contribution is 6.85. The number of rotatable bonds is 4. The van der Waals surface area contributed by atoms with Crippen LogP contribution in [0.1, 0.15) is 29.7 Å². The molecule has 0 bridgehead atoms. The maximum atomic E-state index is 5.95. The Morgan fingerprint density at radius 3 is 1.07 bits per heavy atom. The molecule has 100 valence electrons. The fraction of sp³-hybridized carbons (Fsp3) is 1.00. The van der Waals surface area contributed by atoms with Gasteiger partial charge in [0.25, 0.3) is 0 Å². The van der Waals surface area contributed by atoms with Crippen LogP contribution in [0.15, 0.2) is 0 Å². The maximum Gasteiger partial charge on any atom is 0.187 e. The van der Waals surface area contributed by atoms with E-state index in [-0.39, 0.29) is 29.7 Å². The third kappa shape index (κ3) is 14.3. The zero-order valence-electron chi connectivity index (χ0n) is 7.98. The highest BCUT2D eigenvalue weighted by Crippen LogP contribution is 2.11. The molecule has 0 aromatic carbocycles. The second-order valence-electron chi connectivity index (χ2n) is 4.03. The fourth-order valence-electron chi connectivity index (χ4n) is 0.831. The van der Waals surface area contributed by atoms with Gasteiger partial charge in [0, 0.05) is 12.3 Å². The summed E-state index contributed by atoms with van der Waals surface area (Å²) in [5.41, 5.74) is 11.2. The molecular weight excluding hydrogens is 220 g/mol. The van der Waals surface area contributed by atoms with E-state index in [1.807, 2.05) is 0 Å². The average molecular weight is 257 g/mol. The highest BCUT2D eigenvalue weighted by Gasteiger charge is 2.30. The molecule has 0 aromatic rings. The van der Waals surface area contributed by atoms with Gasteiger partial charge < -0.3 is 15.6 Å². The second kappa shape index (κ2) is 10.8. The van der Waals surface area contributed by atoms with Gasteiger partial charge in [-0.15, -0.1) is 0 Å². The molecule has 0 aliphatic heterocycles. The smallest absolute Gasteiger partial charge is 0.187 e. The molecule has 0 unspecified atom stereocenters. The van der Waals surface area contributed by atoms with Crippen molar-refractivity contribution in [2.45, 2.75) is 55.9 Å². The van der Waals surface area contributed by atoms with E-state index in [2.05, 4.69) is 26.2 Å². The van der Waals surface area contributed by atoms with E-state index in [1.165, 1.54) is 0 Å². The Labute approximate surface area is 101 Å². The monoisotopic (exact) mass is 256 g/mol. The van der Waals surface area contributed by atoms with Gasteiger partial charge in [-0.1, -0.05) is 29.7 Å². The molecule has 0 saturated carbocycles. The summed E-state index contributed by atoms with van der Waals surface area (Å²) in [5.74, 6) is 0. The first kappa shape index (κ1) is 29.5. The number of nitrogens with two attached hydrogens (primary N) is 2. The van der Waals surface area contributed by atoms with Gasteiger partial charge in [0.05, 0.1) is 0 Å². The van der Waals surface area contributed by atoms with Crippen molar-refractivity contribution in [2.24, 2.45) is 11.5 Å². The van der Waals surface area contributed by atoms with Crippen LogP contribution in [0.3, 0.4) is 0 Å². The molecule has 0 rings (SSSR count). The molecular formula is C10H36N2OSi2. The van der Waals surface area contributed by atoms with Gasteiger partial charge in [0.2, 0.25) is 0 Å². The SMILES string of the molecule is C.C.C.C.C[Si](C)(CN)O[Si](C)(C)CN. The zero-order valence-corrected chi connectivity index (χ0v) is 9.98. The molecule has 0 aliphatic carbocycles. The second-order valence-corrected chi connectivity index (χ2v) is 12.7. The first-order chi connectivity index (χ1) is 4.83. The van der Waals surface area contributed by atoms with E-state index in [4.69, 9.17) is 15.6 Å². The summed E-state index contributed by atoms with van der Waals surface area (Å²) in [6.45, 7) is 8.55. The van der Waals surface area contributed by atoms with Gasteiger partial charge in [0.15, 0.2) is 16.6 Å². The largest absolute Gasteiger partial charge is 0.454 e. The van der Waals surface area contributed by atoms with Crippen LogP contribution < -0.4 is 11.5 Å². The topological polar surface area (TPSA) is 61.3 Å². The predicted molar refractivity (Wildman–Crippen MR) is 81.1 cm³/mol. The molecule has 0 fully saturated rings. The molecule has 5 heteroatoms. The van der Waals surface area contributed by atoms with Gasteiger partial charge in [0.1, 0.15) is 0 Å². The maximum absolute atomic E-state index is 5.95. The van der Waals surface area contributed by atoms with E-state index < -0.39 is 16.6 Å². The van der Waals surface area contributed by atoms with Crippen LogP contribution in [0.4, 0.5) is 0 Å². The Morgan fingerprint density at radius 1 is 0.733 bits per heavy atom. The van der Waals surface area contributed by atoms with Crippen molar-refractivity contribution in [3.05, 3.63) is 0 Å². The zero-order chi connectivity index (χ0) is 9.12. The normalized spacial score (nSPS) is 10.0. The molecule has 4 N–H and O–H groups in total. The van der Waals surface area contributed by atoms with Crippen molar-refractivity contribution in [1.29, 1.82) is 0 Å². The minimum absolute atomic E-state index is 0. The molecule has 3 nitrogen and oxygen atoms in total. The number of hydrogen-bond acceptors (Lipinski definition) is 3. The summed E-state index contributed by atoms with van der Waals surface area (Å²) in [6, 6.07) is 0. The van der Waals surface area contributed by atoms with Crippen LogP contribution in [0, 0.1) is 0 Å². The Morgan fingerprint density at radius 2 is 0.933 bits per heavy atom. The Kier molecular flexibility index (Phi) is 21.3. The first-order valence-electron chi connectivity index (χ1n) is 3.93. The van der Waals surface area contributed by atoms with Gasteiger partial charge in [-0.3, -0.25) is 0 Å². The van der Waals surface area contributed by atoms with E-state index >= 15 is 0 Å². The Bertz CT molecular complexity index is 117. The lowest BCUT2D eigenvalue weighted by Crippen LogP contribution is -2.53. The minimum Gasteiger partial charge on any atom is -0.454 e. The van der Waals surface area contributed by atoms with Gasteiger partial charge in [-0.25, -0.2) is 0 Å². The van der Waals surface area contributed by atoms with Crippen molar-refractivity contribution in [3.8, 4) is 0 Å². The summed E-state index contributed by atoms with van der Waals surface area (Å²) >= 11 is 0. The molecule has 0 amide bonds. The van der Waals surface area contributed by atoms with Crippen molar-refractivity contribution in [2.75, 3.05) is 12.3 Å². The standard InChI is InChI=1S/C6H20N2OSi2.4CH4/c1-10(2,5-7)9-11(3,4)6-8;;;;/h5-8H2,1-4H3;4*1H4. The summed E-state index contributed by atoms with van der Waals surface area (Å²) in [6.07, 6.45) is 1.37. The predicted octanol–water partition coefficient (Wildman–Crippen LogP) is 2.95. The van der Waals surface area contributed by atoms with Gasteiger partial charge in [-0.05, 0) is 26.2 Å². The van der Waals surface area contributed by atoms with Crippen molar-refractivity contribution < 1.29 is 4.12 Å². The first-order valence-corrected chi connectivity index (χ1v) is 10.2. The van der Waals surface area contributed by atoms with Crippen LogP contribution in [0.25, 0.3) is 0 Å². The lowest BCUT2D eigenvalue weighted by Gasteiger charge is -2.31. The summed E-state index contributed by atoms with van der Waals surface area (Å²) in [7, 11) is -3.15. The molecule has 0 aliphatic rings. The summed E-state index contributed by atoms with van der Waals surface area (Å²) in [5, 5.41) is 0. The molecule has 0 spiro atoms. The summed E-state index contributed by atoms with van der Waals surface area (Å²) in [4.78, 5) is 0. The van der Waals surface area contributed by atoms with Gasteiger partial charge >= 0.3 is 0 Å². The van der Waals surface area contributed by atoms with Crippen LogP contribution in [-0.2, 0) is 4.12 Å². The van der Waals surface area contributed by atoms with E-state index in [0.717, 1.165) is 0 Å². The molecule has 0 saturated heterocycles. The van der Waals surface area contributed by atoms with Crippen LogP contribution >= 0.6 is 0 Å². The van der Waals surface area contributed by atoms with E-state index in [1.54, 1.807) is 0 Å².